The van der Waals surface area contributed by atoms with Gasteiger partial charge in [0.2, 0.25) is 0 Å². The summed E-state index contributed by atoms with van der Waals surface area (Å²) in [6.07, 6.45) is 3.84. The van der Waals surface area contributed by atoms with Crippen molar-refractivity contribution in [3.8, 4) is 5.75 Å². The normalized spacial score (nSPS) is 26.7. The summed E-state index contributed by atoms with van der Waals surface area (Å²) in [5, 5.41) is 0. The van der Waals surface area contributed by atoms with E-state index in [1.807, 2.05) is 0 Å². The van der Waals surface area contributed by atoms with Crippen molar-refractivity contribution < 1.29 is 4.74 Å². The molecule has 1 aliphatic heterocycles. The Morgan fingerprint density at radius 1 is 1.38 bits per heavy atom. The molecule has 3 rings (SSSR count). The highest BCUT2D eigenvalue weighted by molar-refractivity contribution is 5.47. The van der Waals surface area contributed by atoms with Gasteiger partial charge in [0.05, 0.1) is 6.61 Å². The summed E-state index contributed by atoms with van der Waals surface area (Å²) in [6.45, 7) is 5.52. The zero-order chi connectivity index (χ0) is 11.1. The molecule has 0 saturated heterocycles. The van der Waals surface area contributed by atoms with E-state index in [9.17, 15) is 0 Å². The second-order valence-corrected chi connectivity index (χ2v) is 5.67. The number of fused-ring (bicyclic) bond motifs is 1. The molecule has 1 aromatic carbocycles. The van der Waals surface area contributed by atoms with E-state index in [2.05, 4.69) is 32.0 Å². The summed E-state index contributed by atoms with van der Waals surface area (Å²) < 4.78 is 5.78. The minimum absolute atomic E-state index is 0.787. The standard InChI is InChI=1S/C15H20O/c1-10(2)8-12-9-14(12)13-5-3-4-11-6-7-16-15(11)13/h3-5,10,12,14H,6-9H2,1-2H3. The van der Waals surface area contributed by atoms with Crippen LogP contribution in [0.1, 0.15) is 43.7 Å². The van der Waals surface area contributed by atoms with Gasteiger partial charge in [-0.05, 0) is 41.7 Å². The topological polar surface area (TPSA) is 9.23 Å². The molecule has 1 fully saturated rings. The number of hydrogen-bond acceptors (Lipinski definition) is 1. The molecule has 1 heteroatoms. The van der Waals surface area contributed by atoms with Crippen LogP contribution in [-0.4, -0.2) is 6.61 Å². The van der Waals surface area contributed by atoms with Crippen LogP contribution in [0.3, 0.4) is 0 Å². The van der Waals surface area contributed by atoms with E-state index in [1.165, 1.54) is 29.7 Å². The summed E-state index contributed by atoms with van der Waals surface area (Å²) in [6, 6.07) is 6.69. The molecule has 2 unspecified atom stereocenters. The van der Waals surface area contributed by atoms with Gasteiger partial charge in [-0.2, -0.15) is 0 Å². The fourth-order valence-electron chi connectivity index (χ4n) is 3.03. The van der Waals surface area contributed by atoms with Crippen LogP contribution in [0.25, 0.3) is 0 Å². The first-order valence-corrected chi connectivity index (χ1v) is 6.50. The van der Waals surface area contributed by atoms with Crippen LogP contribution in [-0.2, 0) is 6.42 Å². The first-order chi connectivity index (χ1) is 7.75. The molecule has 2 atom stereocenters. The Morgan fingerprint density at radius 2 is 2.25 bits per heavy atom. The Bertz CT molecular complexity index is 394. The smallest absolute Gasteiger partial charge is 0.126 e. The first-order valence-electron chi connectivity index (χ1n) is 6.50. The van der Waals surface area contributed by atoms with E-state index in [4.69, 9.17) is 4.74 Å². The molecule has 1 saturated carbocycles. The van der Waals surface area contributed by atoms with Gasteiger partial charge in [-0.1, -0.05) is 32.0 Å². The highest BCUT2D eigenvalue weighted by Gasteiger charge is 2.40. The Kier molecular flexibility index (Phi) is 2.42. The fourth-order valence-corrected chi connectivity index (χ4v) is 3.03. The zero-order valence-corrected chi connectivity index (χ0v) is 10.2. The van der Waals surface area contributed by atoms with Gasteiger partial charge < -0.3 is 4.74 Å². The lowest BCUT2D eigenvalue weighted by molar-refractivity contribution is 0.353. The van der Waals surface area contributed by atoms with E-state index in [0.29, 0.717) is 0 Å². The van der Waals surface area contributed by atoms with Crippen LogP contribution in [0, 0.1) is 11.8 Å². The van der Waals surface area contributed by atoms with Crippen molar-refractivity contribution in [1.82, 2.24) is 0 Å². The van der Waals surface area contributed by atoms with Gasteiger partial charge in [-0.15, -0.1) is 0 Å². The van der Waals surface area contributed by atoms with Crippen molar-refractivity contribution in [1.29, 1.82) is 0 Å². The third-order valence-electron chi connectivity index (χ3n) is 3.84. The first kappa shape index (κ1) is 10.2. The van der Waals surface area contributed by atoms with Crippen molar-refractivity contribution in [2.24, 2.45) is 11.8 Å². The number of ether oxygens (including phenoxy) is 1. The average molecular weight is 216 g/mol. The molecule has 0 radical (unpaired) electrons. The number of rotatable bonds is 3. The van der Waals surface area contributed by atoms with Gasteiger partial charge in [0, 0.05) is 6.42 Å². The summed E-state index contributed by atoms with van der Waals surface area (Å²) in [7, 11) is 0. The highest BCUT2D eigenvalue weighted by atomic mass is 16.5. The van der Waals surface area contributed by atoms with Crippen LogP contribution in [0.5, 0.6) is 5.75 Å². The second-order valence-electron chi connectivity index (χ2n) is 5.67. The van der Waals surface area contributed by atoms with E-state index in [0.717, 1.165) is 30.8 Å². The summed E-state index contributed by atoms with van der Waals surface area (Å²) in [4.78, 5) is 0. The largest absolute Gasteiger partial charge is 0.493 e. The second kappa shape index (κ2) is 3.80. The molecule has 86 valence electrons. The van der Waals surface area contributed by atoms with Crippen LogP contribution >= 0.6 is 0 Å². The maximum atomic E-state index is 5.78. The van der Waals surface area contributed by atoms with E-state index in [1.54, 1.807) is 0 Å². The fraction of sp³-hybridized carbons (Fsp3) is 0.600. The van der Waals surface area contributed by atoms with Crippen molar-refractivity contribution >= 4 is 0 Å². The lowest BCUT2D eigenvalue weighted by Gasteiger charge is -2.08. The third-order valence-corrected chi connectivity index (χ3v) is 3.84. The molecule has 1 aromatic rings. The van der Waals surface area contributed by atoms with Crippen molar-refractivity contribution in [3.63, 3.8) is 0 Å². The molecule has 0 N–H and O–H groups in total. The van der Waals surface area contributed by atoms with Crippen molar-refractivity contribution in [2.75, 3.05) is 6.61 Å². The molecular weight excluding hydrogens is 196 g/mol. The minimum atomic E-state index is 0.787. The Morgan fingerprint density at radius 3 is 3.06 bits per heavy atom. The van der Waals surface area contributed by atoms with Crippen LogP contribution < -0.4 is 4.74 Å². The van der Waals surface area contributed by atoms with Crippen LogP contribution in [0.2, 0.25) is 0 Å². The Balaban J connectivity index is 1.79. The highest BCUT2D eigenvalue weighted by Crippen LogP contribution is 2.54. The van der Waals surface area contributed by atoms with Gasteiger partial charge >= 0.3 is 0 Å². The molecule has 1 heterocycles. The molecule has 2 aliphatic rings. The van der Waals surface area contributed by atoms with Crippen molar-refractivity contribution in [3.05, 3.63) is 29.3 Å². The number of benzene rings is 1. The SMILES string of the molecule is CC(C)CC1CC1c1cccc2c1OCC2. The average Bonchev–Trinajstić information content (AvgIpc) is 2.82. The van der Waals surface area contributed by atoms with E-state index >= 15 is 0 Å². The predicted octanol–water partition coefficient (Wildman–Crippen LogP) is 3.77. The lowest BCUT2D eigenvalue weighted by atomic mass is 10.00. The lowest BCUT2D eigenvalue weighted by Crippen LogP contribution is -1.93. The van der Waals surface area contributed by atoms with Gasteiger partial charge in [0.15, 0.2) is 0 Å². The predicted molar refractivity (Wildman–Crippen MR) is 65.9 cm³/mol. The summed E-state index contributed by atoms with van der Waals surface area (Å²) in [5.74, 6) is 3.75. The maximum Gasteiger partial charge on any atom is 0.126 e. The summed E-state index contributed by atoms with van der Waals surface area (Å²) in [5.41, 5.74) is 2.91. The monoisotopic (exact) mass is 216 g/mol. The molecule has 0 amide bonds. The molecule has 0 aromatic heterocycles. The Hall–Kier alpha value is -0.980. The molecular formula is C15H20O. The number of hydrogen-bond donors (Lipinski definition) is 0. The molecule has 16 heavy (non-hydrogen) atoms. The van der Waals surface area contributed by atoms with Gasteiger partial charge in [0.25, 0.3) is 0 Å². The van der Waals surface area contributed by atoms with Gasteiger partial charge in [-0.25, -0.2) is 0 Å². The number of para-hydroxylation sites is 1. The quantitative estimate of drug-likeness (QED) is 0.747. The maximum absolute atomic E-state index is 5.78. The molecule has 0 spiro atoms. The summed E-state index contributed by atoms with van der Waals surface area (Å²) >= 11 is 0. The Labute approximate surface area is 97.8 Å². The zero-order valence-electron chi connectivity index (χ0n) is 10.2. The van der Waals surface area contributed by atoms with Gasteiger partial charge in [0.1, 0.15) is 5.75 Å². The van der Waals surface area contributed by atoms with Crippen molar-refractivity contribution in [2.45, 2.75) is 39.0 Å². The molecule has 1 aliphatic carbocycles. The molecule has 1 nitrogen and oxygen atoms in total. The van der Waals surface area contributed by atoms with Gasteiger partial charge in [-0.3, -0.25) is 0 Å². The van der Waals surface area contributed by atoms with E-state index < -0.39 is 0 Å². The third kappa shape index (κ3) is 1.73. The minimum Gasteiger partial charge on any atom is -0.493 e. The molecule has 0 bridgehead atoms. The van der Waals surface area contributed by atoms with Crippen LogP contribution in [0.4, 0.5) is 0 Å². The van der Waals surface area contributed by atoms with E-state index in [-0.39, 0.29) is 0 Å². The van der Waals surface area contributed by atoms with Crippen LogP contribution in [0.15, 0.2) is 18.2 Å².